The zero-order valence-electron chi connectivity index (χ0n) is 9.83. The molecule has 5 nitrogen and oxygen atoms in total. The molecular formula is C14H9N3O2. The number of fused-ring (bicyclic) bond motifs is 3. The van der Waals surface area contributed by atoms with Crippen LogP contribution in [0.25, 0.3) is 28.0 Å². The molecule has 3 aromatic heterocycles. The van der Waals surface area contributed by atoms with Crippen molar-refractivity contribution in [3.63, 3.8) is 0 Å². The number of furan rings is 1. The molecule has 0 radical (unpaired) electrons. The van der Waals surface area contributed by atoms with Crippen LogP contribution >= 0.6 is 0 Å². The van der Waals surface area contributed by atoms with Crippen LogP contribution in [0.15, 0.2) is 58.1 Å². The van der Waals surface area contributed by atoms with Crippen molar-refractivity contribution in [2.75, 3.05) is 0 Å². The zero-order chi connectivity index (χ0) is 12.8. The first-order valence-electron chi connectivity index (χ1n) is 5.87. The third-order valence-electron chi connectivity index (χ3n) is 3.11. The van der Waals surface area contributed by atoms with Gasteiger partial charge >= 0.3 is 5.69 Å². The highest BCUT2D eigenvalue weighted by molar-refractivity contribution is 5.91. The number of rotatable bonds is 1. The van der Waals surface area contributed by atoms with Crippen molar-refractivity contribution in [2.45, 2.75) is 0 Å². The Labute approximate surface area is 107 Å². The van der Waals surface area contributed by atoms with Crippen molar-refractivity contribution in [1.29, 1.82) is 0 Å². The van der Waals surface area contributed by atoms with Gasteiger partial charge in [-0.15, -0.1) is 0 Å². The molecular weight excluding hydrogens is 242 g/mol. The van der Waals surface area contributed by atoms with Gasteiger partial charge < -0.3 is 9.40 Å². The first-order valence-corrected chi connectivity index (χ1v) is 5.87. The highest BCUT2D eigenvalue weighted by Gasteiger charge is 2.11. The van der Waals surface area contributed by atoms with Crippen LogP contribution < -0.4 is 5.69 Å². The number of nitrogens with one attached hydrogen (secondary N) is 1. The van der Waals surface area contributed by atoms with E-state index in [9.17, 15) is 4.79 Å². The van der Waals surface area contributed by atoms with Gasteiger partial charge in [0.1, 0.15) is 5.69 Å². The average molecular weight is 251 g/mol. The van der Waals surface area contributed by atoms with E-state index >= 15 is 0 Å². The fraction of sp³-hybridized carbons (Fsp3) is 0. The van der Waals surface area contributed by atoms with Crippen LogP contribution in [-0.2, 0) is 0 Å². The average Bonchev–Trinajstić information content (AvgIpc) is 3.08. The van der Waals surface area contributed by atoms with E-state index in [-0.39, 0.29) is 5.69 Å². The van der Waals surface area contributed by atoms with Crippen LogP contribution in [0, 0.1) is 0 Å². The number of H-pyrrole nitrogens is 1. The predicted octanol–water partition coefficient (Wildman–Crippen LogP) is 2.44. The van der Waals surface area contributed by atoms with Crippen LogP contribution in [0.2, 0.25) is 0 Å². The molecule has 0 unspecified atom stereocenters. The molecule has 92 valence electrons. The van der Waals surface area contributed by atoms with Gasteiger partial charge in [-0.2, -0.15) is 0 Å². The monoisotopic (exact) mass is 251 g/mol. The molecule has 0 atom stereocenters. The quantitative estimate of drug-likeness (QED) is 0.565. The third kappa shape index (κ3) is 1.41. The molecule has 1 N–H and O–H groups in total. The second-order valence-electron chi connectivity index (χ2n) is 4.27. The SMILES string of the molecule is O=c1[nH]c2ccccc2c2nc(-c3ccco3)cn12. The Kier molecular flexibility index (Phi) is 1.91. The molecule has 0 aliphatic rings. The van der Waals surface area contributed by atoms with Crippen molar-refractivity contribution in [1.82, 2.24) is 14.4 Å². The maximum Gasteiger partial charge on any atom is 0.331 e. The Balaban J connectivity index is 2.16. The summed E-state index contributed by atoms with van der Waals surface area (Å²) in [7, 11) is 0. The van der Waals surface area contributed by atoms with Gasteiger partial charge in [-0.3, -0.25) is 4.40 Å². The maximum absolute atomic E-state index is 12.0. The second-order valence-corrected chi connectivity index (χ2v) is 4.27. The normalized spacial score (nSPS) is 11.4. The molecule has 0 aliphatic carbocycles. The summed E-state index contributed by atoms with van der Waals surface area (Å²) in [5.41, 5.74) is 1.84. The van der Waals surface area contributed by atoms with Crippen molar-refractivity contribution >= 4 is 16.6 Å². The van der Waals surface area contributed by atoms with Crippen molar-refractivity contribution in [2.24, 2.45) is 0 Å². The molecule has 1 aromatic carbocycles. The number of aromatic amines is 1. The number of benzene rings is 1. The van der Waals surface area contributed by atoms with Gasteiger partial charge in [0, 0.05) is 11.6 Å². The minimum Gasteiger partial charge on any atom is -0.463 e. The van der Waals surface area contributed by atoms with Crippen LogP contribution in [0.5, 0.6) is 0 Å². The van der Waals surface area contributed by atoms with Gasteiger partial charge in [-0.25, -0.2) is 9.78 Å². The lowest BCUT2D eigenvalue weighted by atomic mass is 10.2. The van der Waals surface area contributed by atoms with Crippen LogP contribution in [0.3, 0.4) is 0 Å². The predicted molar refractivity (Wildman–Crippen MR) is 71.0 cm³/mol. The molecule has 3 heterocycles. The Morgan fingerprint density at radius 2 is 2.05 bits per heavy atom. The van der Waals surface area contributed by atoms with Gasteiger partial charge in [0.2, 0.25) is 0 Å². The van der Waals surface area contributed by atoms with E-state index in [1.54, 1.807) is 18.5 Å². The molecule has 0 bridgehead atoms. The second kappa shape index (κ2) is 3.58. The Hall–Kier alpha value is -2.82. The number of hydrogen-bond donors (Lipinski definition) is 1. The van der Waals surface area contributed by atoms with Crippen molar-refractivity contribution in [3.05, 3.63) is 59.3 Å². The largest absolute Gasteiger partial charge is 0.463 e. The van der Waals surface area contributed by atoms with E-state index in [1.165, 1.54) is 4.40 Å². The van der Waals surface area contributed by atoms with Gasteiger partial charge in [-0.1, -0.05) is 12.1 Å². The standard InChI is InChI=1S/C14H9N3O2/c18-14-16-10-5-2-1-4-9(10)13-15-11(8-17(13)14)12-6-3-7-19-12/h1-8H,(H,16,18). The topological polar surface area (TPSA) is 63.3 Å². The molecule has 5 heteroatoms. The summed E-state index contributed by atoms with van der Waals surface area (Å²) in [6.07, 6.45) is 3.27. The van der Waals surface area contributed by atoms with E-state index in [0.717, 1.165) is 10.9 Å². The fourth-order valence-electron chi connectivity index (χ4n) is 2.23. The van der Waals surface area contributed by atoms with Crippen molar-refractivity contribution in [3.8, 4) is 11.5 Å². The molecule has 4 aromatic rings. The molecule has 0 saturated carbocycles. The first-order chi connectivity index (χ1) is 9.33. The van der Waals surface area contributed by atoms with Gasteiger partial charge in [-0.05, 0) is 24.3 Å². The third-order valence-corrected chi connectivity index (χ3v) is 3.11. The number of imidazole rings is 1. The fourth-order valence-corrected chi connectivity index (χ4v) is 2.23. The summed E-state index contributed by atoms with van der Waals surface area (Å²) < 4.78 is 6.81. The maximum atomic E-state index is 12.0. The number of hydrogen-bond acceptors (Lipinski definition) is 3. The lowest BCUT2D eigenvalue weighted by molar-refractivity contribution is 0.580. The minimum atomic E-state index is -0.209. The number of para-hydroxylation sites is 1. The van der Waals surface area contributed by atoms with Gasteiger partial charge in [0.25, 0.3) is 0 Å². The van der Waals surface area contributed by atoms with Crippen LogP contribution in [-0.4, -0.2) is 14.4 Å². The summed E-state index contributed by atoms with van der Waals surface area (Å²) in [6.45, 7) is 0. The summed E-state index contributed by atoms with van der Waals surface area (Å²) in [5, 5.41) is 0.903. The highest BCUT2D eigenvalue weighted by Crippen LogP contribution is 2.22. The molecule has 0 aliphatic heterocycles. The molecule has 0 saturated heterocycles. The molecule has 0 spiro atoms. The van der Waals surface area contributed by atoms with Gasteiger partial charge in [0.05, 0.1) is 11.8 Å². The number of nitrogens with zero attached hydrogens (tertiary/aromatic N) is 2. The summed E-state index contributed by atoms with van der Waals surface area (Å²) in [4.78, 5) is 19.3. The Bertz CT molecular complexity index is 932. The Morgan fingerprint density at radius 1 is 1.16 bits per heavy atom. The van der Waals surface area contributed by atoms with E-state index in [2.05, 4.69) is 9.97 Å². The van der Waals surface area contributed by atoms with E-state index < -0.39 is 0 Å². The van der Waals surface area contributed by atoms with E-state index in [1.807, 2.05) is 30.3 Å². The van der Waals surface area contributed by atoms with E-state index in [0.29, 0.717) is 17.1 Å². The molecule has 0 amide bonds. The highest BCUT2D eigenvalue weighted by atomic mass is 16.3. The summed E-state index contributed by atoms with van der Waals surface area (Å²) in [6, 6.07) is 11.2. The molecule has 4 rings (SSSR count). The van der Waals surface area contributed by atoms with Crippen molar-refractivity contribution < 1.29 is 4.42 Å². The lowest BCUT2D eigenvalue weighted by Crippen LogP contribution is -2.15. The van der Waals surface area contributed by atoms with Crippen LogP contribution in [0.4, 0.5) is 0 Å². The van der Waals surface area contributed by atoms with Crippen LogP contribution in [0.1, 0.15) is 0 Å². The zero-order valence-corrected chi connectivity index (χ0v) is 9.83. The van der Waals surface area contributed by atoms with E-state index in [4.69, 9.17) is 4.42 Å². The number of aromatic nitrogens is 3. The molecule has 19 heavy (non-hydrogen) atoms. The molecule has 0 fully saturated rings. The lowest BCUT2D eigenvalue weighted by Gasteiger charge is -1.98. The Morgan fingerprint density at radius 3 is 2.89 bits per heavy atom. The summed E-state index contributed by atoms with van der Waals surface area (Å²) >= 11 is 0. The minimum absolute atomic E-state index is 0.209. The first kappa shape index (κ1) is 10.1. The van der Waals surface area contributed by atoms with Gasteiger partial charge in [0.15, 0.2) is 11.4 Å². The smallest absolute Gasteiger partial charge is 0.331 e. The summed E-state index contributed by atoms with van der Waals surface area (Å²) in [5.74, 6) is 0.646.